The van der Waals surface area contributed by atoms with Crippen molar-refractivity contribution in [1.82, 2.24) is 10.2 Å². The summed E-state index contributed by atoms with van der Waals surface area (Å²) in [4.78, 5) is 14.1. The zero-order valence-electron chi connectivity index (χ0n) is 10.7. The van der Waals surface area contributed by atoms with Gasteiger partial charge in [0.15, 0.2) is 0 Å². The van der Waals surface area contributed by atoms with E-state index in [4.69, 9.17) is 0 Å². The molecule has 1 aromatic carbocycles. The van der Waals surface area contributed by atoms with E-state index < -0.39 is 0 Å². The maximum Gasteiger partial charge on any atom is 0.257 e. The summed E-state index contributed by atoms with van der Waals surface area (Å²) in [6.07, 6.45) is 2.06. The van der Waals surface area contributed by atoms with Gasteiger partial charge in [0.25, 0.3) is 5.91 Å². The van der Waals surface area contributed by atoms with E-state index in [0.29, 0.717) is 11.5 Å². The van der Waals surface area contributed by atoms with Crippen LogP contribution in [0.1, 0.15) is 23.2 Å². The Balaban J connectivity index is 1.98. The predicted octanol–water partition coefficient (Wildman–Crippen LogP) is 1.46. The van der Waals surface area contributed by atoms with Crippen molar-refractivity contribution in [1.29, 1.82) is 0 Å². The van der Waals surface area contributed by atoms with Crippen LogP contribution in [0.25, 0.3) is 0 Å². The summed E-state index contributed by atoms with van der Waals surface area (Å²) in [6.45, 7) is 2.57. The van der Waals surface area contributed by atoms with Crippen molar-refractivity contribution < 1.29 is 9.90 Å². The van der Waals surface area contributed by atoms with Gasteiger partial charge in [-0.05, 0) is 44.5 Å². The molecule has 0 spiro atoms. The van der Waals surface area contributed by atoms with E-state index in [1.54, 1.807) is 24.3 Å². The van der Waals surface area contributed by atoms with E-state index in [9.17, 15) is 9.90 Å². The maximum atomic E-state index is 12.2. The molecule has 0 unspecified atom stereocenters. The summed E-state index contributed by atoms with van der Waals surface area (Å²) in [7, 11) is 1.96. The molecule has 18 heavy (non-hydrogen) atoms. The second kappa shape index (κ2) is 5.87. The fraction of sp³-hybridized carbons (Fsp3) is 0.500. The van der Waals surface area contributed by atoms with Gasteiger partial charge in [-0.3, -0.25) is 4.79 Å². The number of carbonyl (C=O) groups is 1. The SMILES string of the molecule is CNCC1CCN(C(=O)c2ccccc2O)CC1. The maximum absolute atomic E-state index is 12.2. The van der Waals surface area contributed by atoms with E-state index >= 15 is 0 Å². The van der Waals surface area contributed by atoms with E-state index in [1.165, 1.54) is 0 Å². The Hall–Kier alpha value is -1.55. The van der Waals surface area contributed by atoms with Crippen molar-refractivity contribution in [3.05, 3.63) is 29.8 Å². The summed E-state index contributed by atoms with van der Waals surface area (Å²) < 4.78 is 0. The highest BCUT2D eigenvalue weighted by Crippen LogP contribution is 2.22. The smallest absolute Gasteiger partial charge is 0.257 e. The molecule has 1 saturated heterocycles. The number of phenolic OH excluding ortho intramolecular Hbond substituents is 1. The van der Waals surface area contributed by atoms with E-state index in [1.807, 2.05) is 11.9 Å². The lowest BCUT2D eigenvalue weighted by Gasteiger charge is -2.32. The first-order valence-corrected chi connectivity index (χ1v) is 6.44. The Morgan fingerprint density at radius 3 is 2.67 bits per heavy atom. The molecule has 0 aromatic heterocycles. The number of para-hydroxylation sites is 1. The Morgan fingerprint density at radius 1 is 1.39 bits per heavy atom. The molecule has 98 valence electrons. The van der Waals surface area contributed by atoms with Crippen LogP contribution in [0.4, 0.5) is 0 Å². The quantitative estimate of drug-likeness (QED) is 0.851. The van der Waals surface area contributed by atoms with Crippen LogP contribution in [0.5, 0.6) is 5.75 Å². The topological polar surface area (TPSA) is 52.6 Å². The van der Waals surface area contributed by atoms with E-state index in [0.717, 1.165) is 32.5 Å². The van der Waals surface area contributed by atoms with Gasteiger partial charge in [0.05, 0.1) is 5.56 Å². The summed E-state index contributed by atoms with van der Waals surface area (Å²) in [5.74, 6) is 0.666. The number of piperidine rings is 1. The van der Waals surface area contributed by atoms with Crippen LogP contribution in [0.3, 0.4) is 0 Å². The number of rotatable bonds is 3. The number of hydrogen-bond donors (Lipinski definition) is 2. The first-order chi connectivity index (χ1) is 8.72. The minimum atomic E-state index is -0.0593. The normalized spacial score (nSPS) is 16.8. The van der Waals surface area contributed by atoms with Gasteiger partial charge < -0.3 is 15.3 Å². The van der Waals surface area contributed by atoms with Gasteiger partial charge >= 0.3 is 0 Å². The molecule has 2 N–H and O–H groups in total. The van der Waals surface area contributed by atoms with Crippen LogP contribution >= 0.6 is 0 Å². The number of amides is 1. The van der Waals surface area contributed by atoms with Crippen molar-refractivity contribution in [2.45, 2.75) is 12.8 Å². The Kier molecular flexibility index (Phi) is 4.20. The summed E-state index contributed by atoms with van der Waals surface area (Å²) in [6, 6.07) is 6.74. The predicted molar refractivity (Wildman–Crippen MR) is 70.7 cm³/mol. The Bertz CT molecular complexity index is 412. The lowest BCUT2D eigenvalue weighted by atomic mass is 9.96. The highest BCUT2D eigenvalue weighted by molar-refractivity contribution is 5.96. The molecule has 4 heteroatoms. The van der Waals surface area contributed by atoms with Crippen LogP contribution in [0.2, 0.25) is 0 Å². The third-order valence-electron chi connectivity index (χ3n) is 3.53. The van der Waals surface area contributed by atoms with Gasteiger partial charge in [0, 0.05) is 13.1 Å². The Morgan fingerprint density at radius 2 is 2.06 bits per heavy atom. The van der Waals surface area contributed by atoms with Crippen molar-refractivity contribution in [2.24, 2.45) is 5.92 Å². The van der Waals surface area contributed by atoms with Crippen LogP contribution in [-0.4, -0.2) is 42.6 Å². The first kappa shape index (κ1) is 12.9. The molecule has 0 saturated carbocycles. The van der Waals surface area contributed by atoms with Gasteiger partial charge in [0.1, 0.15) is 5.75 Å². The summed E-state index contributed by atoms with van der Waals surface area (Å²) in [5, 5.41) is 12.9. The number of nitrogens with zero attached hydrogens (tertiary/aromatic N) is 1. The van der Waals surface area contributed by atoms with Crippen LogP contribution < -0.4 is 5.32 Å². The number of carbonyl (C=O) groups excluding carboxylic acids is 1. The third-order valence-corrected chi connectivity index (χ3v) is 3.53. The summed E-state index contributed by atoms with van der Waals surface area (Å²) >= 11 is 0. The van der Waals surface area contributed by atoms with Crippen LogP contribution in [0, 0.1) is 5.92 Å². The highest BCUT2D eigenvalue weighted by atomic mass is 16.3. The van der Waals surface area contributed by atoms with E-state index in [-0.39, 0.29) is 11.7 Å². The minimum Gasteiger partial charge on any atom is -0.507 e. The number of nitrogens with one attached hydrogen (secondary N) is 1. The van der Waals surface area contributed by atoms with Crippen LogP contribution in [-0.2, 0) is 0 Å². The monoisotopic (exact) mass is 248 g/mol. The molecule has 2 rings (SSSR count). The molecule has 1 aliphatic heterocycles. The summed E-state index contributed by atoms with van der Waals surface area (Å²) in [5.41, 5.74) is 0.407. The zero-order chi connectivity index (χ0) is 13.0. The van der Waals surface area contributed by atoms with Crippen LogP contribution in [0.15, 0.2) is 24.3 Å². The van der Waals surface area contributed by atoms with Crippen molar-refractivity contribution in [2.75, 3.05) is 26.7 Å². The van der Waals surface area contributed by atoms with Gasteiger partial charge in [-0.15, -0.1) is 0 Å². The van der Waals surface area contributed by atoms with Gasteiger partial charge in [0.2, 0.25) is 0 Å². The minimum absolute atomic E-state index is 0.0593. The van der Waals surface area contributed by atoms with Gasteiger partial charge in [-0.1, -0.05) is 12.1 Å². The van der Waals surface area contributed by atoms with Gasteiger partial charge in [-0.2, -0.15) is 0 Å². The molecule has 1 aliphatic rings. The molecule has 0 atom stereocenters. The van der Waals surface area contributed by atoms with Crippen molar-refractivity contribution in [3.63, 3.8) is 0 Å². The molecule has 1 heterocycles. The average molecular weight is 248 g/mol. The molecule has 0 bridgehead atoms. The number of likely N-dealkylation sites (tertiary alicyclic amines) is 1. The lowest BCUT2D eigenvalue weighted by molar-refractivity contribution is 0.0688. The van der Waals surface area contributed by atoms with Crippen molar-refractivity contribution in [3.8, 4) is 5.75 Å². The zero-order valence-corrected chi connectivity index (χ0v) is 10.7. The number of aromatic hydroxyl groups is 1. The standard InChI is InChI=1S/C14H20N2O2/c1-15-10-11-6-8-16(9-7-11)14(18)12-4-2-3-5-13(12)17/h2-5,11,15,17H,6-10H2,1H3. The van der Waals surface area contributed by atoms with Crippen molar-refractivity contribution >= 4 is 5.91 Å². The molecular weight excluding hydrogens is 228 g/mol. The fourth-order valence-corrected chi connectivity index (χ4v) is 2.45. The molecule has 1 fully saturated rings. The third kappa shape index (κ3) is 2.82. The number of hydrogen-bond acceptors (Lipinski definition) is 3. The van der Waals surface area contributed by atoms with E-state index in [2.05, 4.69) is 5.32 Å². The number of phenols is 1. The second-order valence-corrected chi connectivity index (χ2v) is 4.81. The fourth-order valence-electron chi connectivity index (χ4n) is 2.45. The molecule has 0 radical (unpaired) electrons. The Labute approximate surface area is 108 Å². The number of benzene rings is 1. The molecule has 0 aliphatic carbocycles. The lowest BCUT2D eigenvalue weighted by Crippen LogP contribution is -2.40. The second-order valence-electron chi connectivity index (χ2n) is 4.81. The molecule has 1 aromatic rings. The highest BCUT2D eigenvalue weighted by Gasteiger charge is 2.24. The largest absolute Gasteiger partial charge is 0.507 e. The molecule has 4 nitrogen and oxygen atoms in total. The average Bonchev–Trinajstić information content (AvgIpc) is 2.40. The molecular formula is C14H20N2O2. The first-order valence-electron chi connectivity index (χ1n) is 6.44. The van der Waals surface area contributed by atoms with Gasteiger partial charge in [-0.25, -0.2) is 0 Å². The molecule has 1 amide bonds.